The van der Waals surface area contributed by atoms with E-state index in [0.29, 0.717) is 41.0 Å². The molecule has 3 rings (SSSR count). The standard InChI is InChI=1S/C19H19ClN2O4/c1-22(12-17(23)21-14-5-3-2-4-6-14)18(24)11-13-9-15(20)19-16(10-13)25-7-8-26-19/h2-6,9-10H,7-8,11-12H2,1H3,(H,21,23). The average molecular weight is 375 g/mol. The van der Waals surface area contributed by atoms with Crippen molar-refractivity contribution < 1.29 is 19.1 Å². The van der Waals surface area contributed by atoms with Gasteiger partial charge in [-0.15, -0.1) is 0 Å². The Bertz CT molecular complexity index is 811. The summed E-state index contributed by atoms with van der Waals surface area (Å²) >= 11 is 6.19. The number of hydrogen-bond donors (Lipinski definition) is 1. The summed E-state index contributed by atoms with van der Waals surface area (Å²) in [6.07, 6.45) is 0.117. The zero-order valence-electron chi connectivity index (χ0n) is 14.3. The van der Waals surface area contributed by atoms with Crippen LogP contribution in [0.4, 0.5) is 5.69 Å². The van der Waals surface area contributed by atoms with E-state index in [4.69, 9.17) is 21.1 Å². The lowest BCUT2D eigenvalue weighted by atomic mass is 10.1. The molecular weight excluding hydrogens is 356 g/mol. The van der Waals surface area contributed by atoms with Gasteiger partial charge in [0.15, 0.2) is 11.5 Å². The van der Waals surface area contributed by atoms with Gasteiger partial charge in [0.05, 0.1) is 18.0 Å². The number of fused-ring (bicyclic) bond motifs is 1. The Labute approximate surface area is 156 Å². The van der Waals surface area contributed by atoms with E-state index < -0.39 is 0 Å². The fourth-order valence-corrected chi connectivity index (χ4v) is 2.89. The van der Waals surface area contributed by atoms with Crippen LogP contribution >= 0.6 is 11.6 Å². The maximum absolute atomic E-state index is 12.4. The highest BCUT2D eigenvalue weighted by Crippen LogP contribution is 2.38. The van der Waals surface area contributed by atoms with E-state index in [1.807, 2.05) is 18.2 Å². The number of anilines is 1. The van der Waals surface area contributed by atoms with Crippen LogP contribution in [0, 0.1) is 0 Å². The highest BCUT2D eigenvalue weighted by Gasteiger charge is 2.19. The van der Waals surface area contributed by atoms with Gasteiger partial charge in [-0.3, -0.25) is 9.59 Å². The number of para-hydroxylation sites is 1. The molecule has 7 heteroatoms. The SMILES string of the molecule is CN(CC(=O)Nc1ccccc1)C(=O)Cc1cc(Cl)c2c(c1)OCCO2. The number of likely N-dealkylation sites (N-methyl/N-ethyl adjacent to an activating group) is 1. The van der Waals surface area contributed by atoms with Gasteiger partial charge in [-0.05, 0) is 29.8 Å². The number of carbonyl (C=O) groups excluding carboxylic acids is 2. The van der Waals surface area contributed by atoms with Crippen LogP contribution < -0.4 is 14.8 Å². The molecule has 2 aromatic carbocycles. The van der Waals surface area contributed by atoms with Gasteiger partial charge < -0.3 is 19.7 Å². The molecule has 0 aromatic heterocycles. The first-order valence-corrected chi connectivity index (χ1v) is 8.57. The van der Waals surface area contributed by atoms with Crippen LogP contribution in [0.15, 0.2) is 42.5 Å². The molecule has 0 spiro atoms. The molecule has 2 aromatic rings. The van der Waals surface area contributed by atoms with Gasteiger partial charge in [0, 0.05) is 12.7 Å². The molecule has 1 heterocycles. The lowest BCUT2D eigenvalue weighted by molar-refractivity contribution is -0.132. The molecule has 0 saturated heterocycles. The van der Waals surface area contributed by atoms with Crippen molar-refractivity contribution in [3.8, 4) is 11.5 Å². The van der Waals surface area contributed by atoms with Crippen LogP contribution in [-0.2, 0) is 16.0 Å². The molecule has 1 aliphatic rings. The summed E-state index contributed by atoms with van der Waals surface area (Å²) in [5, 5.41) is 3.16. The maximum atomic E-state index is 12.4. The van der Waals surface area contributed by atoms with E-state index in [0.717, 1.165) is 0 Å². The fraction of sp³-hybridized carbons (Fsp3) is 0.263. The Morgan fingerprint density at radius 1 is 1.15 bits per heavy atom. The summed E-state index contributed by atoms with van der Waals surface area (Å²) in [6.45, 7) is 0.858. The Morgan fingerprint density at radius 3 is 2.65 bits per heavy atom. The van der Waals surface area contributed by atoms with Crippen LogP contribution in [-0.4, -0.2) is 43.5 Å². The van der Waals surface area contributed by atoms with Gasteiger partial charge in [0.2, 0.25) is 11.8 Å². The first kappa shape index (κ1) is 18.1. The predicted molar refractivity (Wildman–Crippen MR) is 98.9 cm³/mol. The molecule has 136 valence electrons. The van der Waals surface area contributed by atoms with Gasteiger partial charge in [-0.1, -0.05) is 29.8 Å². The van der Waals surface area contributed by atoms with Crippen molar-refractivity contribution in [2.24, 2.45) is 0 Å². The number of amides is 2. The van der Waals surface area contributed by atoms with E-state index in [1.165, 1.54) is 4.90 Å². The third kappa shape index (κ3) is 4.46. The summed E-state index contributed by atoms with van der Waals surface area (Å²) in [4.78, 5) is 25.9. The monoisotopic (exact) mass is 374 g/mol. The quantitative estimate of drug-likeness (QED) is 0.873. The van der Waals surface area contributed by atoms with Crippen LogP contribution in [0.3, 0.4) is 0 Å². The maximum Gasteiger partial charge on any atom is 0.243 e. The van der Waals surface area contributed by atoms with E-state index >= 15 is 0 Å². The highest BCUT2D eigenvalue weighted by atomic mass is 35.5. The van der Waals surface area contributed by atoms with Crippen molar-refractivity contribution in [2.75, 3.05) is 32.1 Å². The smallest absolute Gasteiger partial charge is 0.243 e. The minimum atomic E-state index is -0.257. The molecule has 1 aliphatic heterocycles. The Hall–Kier alpha value is -2.73. The number of rotatable bonds is 5. The van der Waals surface area contributed by atoms with Crippen molar-refractivity contribution in [2.45, 2.75) is 6.42 Å². The number of hydrogen-bond acceptors (Lipinski definition) is 4. The third-order valence-corrected chi connectivity index (χ3v) is 4.16. The molecule has 0 aliphatic carbocycles. The normalized spacial score (nSPS) is 12.4. The van der Waals surface area contributed by atoms with Gasteiger partial charge >= 0.3 is 0 Å². The van der Waals surface area contributed by atoms with Crippen LogP contribution in [0.1, 0.15) is 5.56 Å². The molecule has 0 unspecified atom stereocenters. The van der Waals surface area contributed by atoms with Gasteiger partial charge in [0.25, 0.3) is 0 Å². The second-order valence-electron chi connectivity index (χ2n) is 5.94. The lowest BCUT2D eigenvalue weighted by Crippen LogP contribution is -2.35. The number of halogens is 1. The molecule has 6 nitrogen and oxygen atoms in total. The molecule has 0 bridgehead atoms. The third-order valence-electron chi connectivity index (χ3n) is 3.88. The van der Waals surface area contributed by atoms with Crippen molar-refractivity contribution in [1.82, 2.24) is 4.90 Å². The van der Waals surface area contributed by atoms with Gasteiger partial charge in [-0.25, -0.2) is 0 Å². The zero-order valence-corrected chi connectivity index (χ0v) is 15.1. The second kappa shape index (κ2) is 8.10. The van der Waals surface area contributed by atoms with Crippen molar-refractivity contribution in [1.29, 1.82) is 0 Å². The summed E-state index contributed by atoms with van der Waals surface area (Å²) < 4.78 is 11.0. The van der Waals surface area contributed by atoms with E-state index in [9.17, 15) is 9.59 Å². The van der Waals surface area contributed by atoms with E-state index in [1.54, 1.807) is 31.3 Å². The predicted octanol–water partition coefficient (Wildman–Crippen LogP) is 2.75. The molecule has 0 fully saturated rings. The Balaban J connectivity index is 1.59. The number of nitrogens with one attached hydrogen (secondary N) is 1. The summed E-state index contributed by atoms with van der Waals surface area (Å²) in [7, 11) is 1.59. The Kier molecular flexibility index (Phi) is 5.63. The number of nitrogens with zero attached hydrogens (tertiary/aromatic N) is 1. The fourth-order valence-electron chi connectivity index (χ4n) is 2.60. The first-order valence-electron chi connectivity index (χ1n) is 8.20. The average Bonchev–Trinajstić information content (AvgIpc) is 2.62. The summed E-state index contributed by atoms with van der Waals surface area (Å²) in [5.74, 6) is 0.592. The second-order valence-corrected chi connectivity index (χ2v) is 6.35. The molecule has 0 saturated carbocycles. The highest BCUT2D eigenvalue weighted by molar-refractivity contribution is 6.32. The molecule has 26 heavy (non-hydrogen) atoms. The summed E-state index contributed by atoms with van der Waals surface area (Å²) in [6, 6.07) is 12.5. The van der Waals surface area contributed by atoms with Crippen LogP contribution in [0.5, 0.6) is 11.5 Å². The first-order chi connectivity index (χ1) is 12.5. The van der Waals surface area contributed by atoms with Crippen molar-refractivity contribution >= 4 is 29.1 Å². The van der Waals surface area contributed by atoms with Crippen molar-refractivity contribution in [3.63, 3.8) is 0 Å². The zero-order chi connectivity index (χ0) is 18.5. The van der Waals surface area contributed by atoms with Gasteiger partial charge in [-0.2, -0.15) is 0 Å². The van der Waals surface area contributed by atoms with Crippen LogP contribution in [0.25, 0.3) is 0 Å². The molecule has 2 amide bonds. The van der Waals surface area contributed by atoms with Crippen molar-refractivity contribution in [3.05, 3.63) is 53.1 Å². The topological polar surface area (TPSA) is 67.9 Å². The Morgan fingerprint density at radius 2 is 1.88 bits per heavy atom. The summed E-state index contributed by atoms with van der Waals surface area (Å²) in [5.41, 5.74) is 1.40. The molecule has 1 N–H and O–H groups in total. The number of benzene rings is 2. The minimum absolute atomic E-state index is 0.0357. The van der Waals surface area contributed by atoms with E-state index in [-0.39, 0.29) is 24.8 Å². The van der Waals surface area contributed by atoms with E-state index in [2.05, 4.69) is 5.32 Å². The minimum Gasteiger partial charge on any atom is -0.486 e. The molecule has 0 atom stereocenters. The number of ether oxygens (including phenoxy) is 2. The number of carbonyl (C=O) groups is 2. The van der Waals surface area contributed by atoms with Crippen LogP contribution in [0.2, 0.25) is 5.02 Å². The largest absolute Gasteiger partial charge is 0.486 e. The lowest BCUT2D eigenvalue weighted by Gasteiger charge is -2.21. The van der Waals surface area contributed by atoms with Gasteiger partial charge in [0.1, 0.15) is 13.2 Å². The molecular formula is C19H19ClN2O4. The molecule has 0 radical (unpaired) electrons.